The first-order valence-corrected chi connectivity index (χ1v) is 7.93. The Bertz CT molecular complexity index is 447. The SMILES string of the molecule is COc1ccc(COCC(C)(C)/C=N/SC(C)(C)C)cc1. The molecular weight excluding hydrogens is 282 g/mol. The zero-order valence-electron chi connectivity index (χ0n) is 14.0. The summed E-state index contributed by atoms with van der Waals surface area (Å²) < 4.78 is 15.5. The Morgan fingerprint density at radius 2 is 1.71 bits per heavy atom. The van der Waals surface area contributed by atoms with Crippen molar-refractivity contribution in [1.29, 1.82) is 0 Å². The smallest absolute Gasteiger partial charge is 0.118 e. The van der Waals surface area contributed by atoms with Crippen molar-refractivity contribution in [1.82, 2.24) is 0 Å². The van der Waals surface area contributed by atoms with Crippen LogP contribution in [0.15, 0.2) is 28.7 Å². The summed E-state index contributed by atoms with van der Waals surface area (Å²) in [6.45, 7) is 12.0. The van der Waals surface area contributed by atoms with Crippen molar-refractivity contribution in [2.24, 2.45) is 9.81 Å². The van der Waals surface area contributed by atoms with E-state index in [9.17, 15) is 0 Å². The second kappa shape index (κ2) is 7.85. The molecule has 0 radical (unpaired) electrons. The summed E-state index contributed by atoms with van der Waals surface area (Å²) in [6, 6.07) is 7.95. The van der Waals surface area contributed by atoms with E-state index in [1.165, 1.54) is 0 Å². The highest BCUT2D eigenvalue weighted by atomic mass is 32.2. The molecule has 0 unspecified atom stereocenters. The third-order valence-corrected chi connectivity index (χ3v) is 3.39. The quantitative estimate of drug-likeness (QED) is 0.537. The van der Waals surface area contributed by atoms with Crippen molar-refractivity contribution >= 4 is 18.2 Å². The normalized spacial score (nSPS) is 12.9. The fraction of sp³-hybridized carbons (Fsp3) is 0.588. The average molecular weight is 309 g/mol. The van der Waals surface area contributed by atoms with Gasteiger partial charge in [0.05, 0.1) is 20.3 Å². The summed E-state index contributed by atoms with van der Waals surface area (Å²) >= 11 is 1.59. The van der Waals surface area contributed by atoms with Crippen molar-refractivity contribution in [2.45, 2.75) is 46.0 Å². The van der Waals surface area contributed by atoms with Crippen LogP contribution < -0.4 is 4.74 Å². The molecule has 0 aliphatic carbocycles. The van der Waals surface area contributed by atoms with Crippen LogP contribution >= 0.6 is 11.9 Å². The molecule has 0 N–H and O–H groups in total. The van der Waals surface area contributed by atoms with Crippen LogP contribution in [0.1, 0.15) is 40.2 Å². The second-order valence-electron chi connectivity index (χ2n) is 6.77. The van der Waals surface area contributed by atoms with E-state index in [1.54, 1.807) is 19.1 Å². The van der Waals surface area contributed by atoms with Crippen molar-refractivity contribution in [3.8, 4) is 5.75 Å². The van der Waals surface area contributed by atoms with Gasteiger partial charge in [0.1, 0.15) is 5.75 Å². The maximum absolute atomic E-state index is 5.80. The summed E-state index contributed by atoms with van der Waals surface area (Å²) in [7, 11) is 1.67. The monoisotopic (exact) mass is 309 g/mol. The summed E-state index contributed by atoms with van der Waals surface area (Å²) in [5.41, 5.74) is 1.08. The van der Waals surface area contributed by atoms with E-state index in [4.69, 9.17) is 9.47 Å². The molecule has 0 aliphatic heterocycles. The zero-order valence-corrected chi connectivity index (χ0v) is 14.8. The number of methoxy groups -OCH3 is 1. The van der Waals surface area contributed by atoms with Gasteiger partial charge < -0.3 is 9.47 Å². The van der Waals surface area contributed by atoms with Gasteiger partial charge in [-0.05, 0) is 50.4 Å². The first kappa shape index (κ1) is 18.1. The molecule has 21 heavy (non-hydrogen) atoms. The summed E-state index contributed by atoms with van der Waals surface area (Å²) in [5.74, 6) is 0.866. The predicted molar refractivity (Wildman–Crippen MR) is 92.3 cm³/mol. The molecule has 0 amide bonds. The first-order valence-electron chi connectivity index (χ1n) is 7.15. The van der Waals surface area contributed by atoms with E-state index in [2.05, 4.69) is 39.0 Å². The number of rotatable bonds is 7. The van der Waals surface area contributed by atoms with Crippen molar-refractivity contribution in [3.05, 3.63) is 29.8 Å². The summed E-state index contributed by atoms with van der Waals surface area (Å²) in [4.78, 5) is 0. The number of nitrogens with zero attached hydrogens (tertiary/aromatic N) is 1. The molecule has 0 aliphatic rings. The minimum absolute atomic E-state index is 0.0648. The van der Waals surface area contributed by atoms with Gasteiger partial charge in [0, 0.05) is 16.4 Å². The number of ether oxygens (including phenoxy) is 2. The Labute approximate surface area is 133 Å². The van der Waals surface area contributed by atoms with Crippen molar-refractivity contribution in [3.63, 3.8) is 0 Å². The van der Waals surface area contributed by atoms with Gasteiger partial charge in [0.15, 0.2) is 0 Å². The Hall–Kier alpha value is -1.00. The van der Waals surface area contributed by atoms with Crippen LogP contribution in [0.3, 0.4) is 0 Å². The molecule has 4 heteroatoms. The molecule has 118 valence electrons. The van der Waals surface area contributed by atoms with E-state index < -0.39 is 0 Å². The lowest BCUT2D eigenvalue weighted by Gasteiger charge is -2.20. The molecule has 0 saturated heterocycles. The van der Waals surface area contributed by atoms with E-state index in [0.29, 0.717) is 13.2 Å². The third-order valence-electron chi connectivity index (χ3n) is 2.63. The molecule has 0 atom stereocenters. The topological polar surface area (TPSA) is 30.8 Å². The van der Waals surface area contributed by atoms with Gasteiger partial charge in [-0.3, -0.25) is 0 Å². The molecule has 0 bridgehead atoms. The summed E-state index contributed by atoms with van der Waals surface area (Å²) in [6.07, 6.45) is 1.98. The highest BCUT2D eigenvalue weighted by molar-refractivity contribution is 7.99. The maximum atomic E-state index is 5.80. The Morgan fingerprint density at radius 3 is 2.24 bits per heavy atom. The molecule has 0 fully saturated rings. The standard InChI is InChI=1S/C17H27NO2S/c1-16(2,3)21-18-12-17(4,5)13-20-11-14-7-9-15(19-6)10-8-14/h7-10,12H,11,13H2,1-6H3/b18-12+. The average Bonchev–Trinajstić information content (AvgIpc) is 2.37. The number of hydrogen-bond donors (Lipinski definition) is 0. The Kier molecular flexibility index (Phi) is 6.75. The van der Waals surface area contributed by atoms with Gasteiger partial charge in [0.25, 0.3) is 0 Å². The van der Waals surface area contributed by atoms with Gasteiger partial charge in [-0.1, -0.05) is 26.0 Å². The third kappa shape index (κ3) is 8.12. The zero-order chi connectivity index (χ0) is 15.9. The van der Waals surface area contributed by atoms with Crippen LogP contribution in [0.2, 0.25) is 0 Å². The van der Waals surface area contributed by atoms with Crippen molar-refractivity contribution in [2.75, 3.05) is 13.7 Å². The van der Waals surface area contributed by atoms with Crippen molar-refractivity contribution < 1.29 is 9.47 Å². The lowest BCUT2D eigenvalue weighted by Crippen LogP contribution is -2.21. The highest BCUT2D eigenvalue weighted by Gasteiger charge is 2.17. The first-order chi connectivity index (χ1) is 9.72. The molecule has 1 aromatic carbocycles. The minimum Gasteiger partial charge on any atom is -0.497 e. The molecule has 0 spiro atoms. The van der Waals surface area contributed by atoms with Gasteiger partial charge in [-0.2, -0.15) is 0 Å². The molecule has 1 aromatic rings. The Balaban J connectivity index is 2.38. The van der Waals surface area contributed by atoms with Crippen LogP contribution in [0.5, 0.6) is 5.75 Å². The fourth-order valence-corrected chi connectivity index (χ4v) is 2.17. The molecular formula is C17H27NO2S. The van der Waals surface area contributed by atoms with E-state index in [0.717, 1.165) is 11.3 Å². The number of hydrogen-bond acceptors (Lipinski definition) is 4. The fourth-order valence-electron chi connectivity index (χ4n) is 1.52. The largest absolute Gasteiger partial charge is 0.497 e. The van der Waals surface area contributed by atoms with Gasteiger partial charge >= 0.3 is 0 Å². The van der Waals surface area contributed by atoms with E-state index in [-0.39, 0.29) is 10.2 Å². The molecule has 0 aromatic heterocycles. The van der Waals surface area contributed by atoms with Gasteiger partial charge in [-0.25, -0.2) is 4.40 Å². The predicted octanol–water partition coefficient (Wildman–Crippen LogP) is 4.76. The Morgan fingerprint density at radius 1 is 1.10 bits per heavy atom. The van der Waals surface area contributed by atoms with Crippen LogP contribution in [0.4, 0.5) is 0 Å². The summed E-state index contributed by atoms with van der Waals surface area (Å²) in [5, 5.41) is 0. The van der Waals surface area contributed by atoms with Crippen LogP contribution in [0, 0.1) is 5.41 Å². The molecule has 0 saturated carbocycles. The maximum Gasteiger partial charge on any atom is 0.118 e. The molecule has 1 rings (SSSR count). The minimum atomic E-state index is -0.0648. The lowest BCUT2D eigenvalue weighted by molar-refractivity contribution is 0.0806. The van der Waals surface area contributed by atoms with E-state index >= 15 is 0 Å². The van der Waals surface area contributed by atoms with Gasteiger partial charge in [0.2, 0.25) is 0 Å². The number of benzene rings is 1. The molecule has 3 nitrogen and oxygen atoms in total. The highest BCUT2D eigenvalue weighted by Crippen LogP contribution is 2.25. The van der Waals surface area contributed by atoms with Crippen LogP contribution in [-0.2, 0) is 11.3 Å². The van der Waals surface area contributed by atoms with Gasteiger partial charge in [-0.15, -0.1) is 0 Å². The van der Waals surface area contributed by atoms with Crippen LogP contribution in [0.25, 0.3) is 0 Å². The second-order valence-corrected chi connectivity index (χ2v) is 8.39. The molecule has 0 heterocycles. The van der Waals surface area contributed by atoms with E-state index in [1.807, 2.05) is 30.5 Å². The lowest BCUT2D eigenvalue weighted by atomic mass is 9.97. The van der Waals surface area contributed by atoms with Crippen LogP contribution in [-0.4, -0.2) is 24.7 Å².